The highest BCUT2D eigenvalue weighted by Gasteiger charge is 2.31. The van der Waals surface area contributed by atoms with Gasteiger partial charge >= 0.3 is 6.18 Å². The Hall–Kier alpha value is -2.35. The molecular weight excluding hydrogens is 357 g/mol. The molecule has 0 atom stereocenters. The molecule has 9 heteroatoms. The lowest BCUT2D eigenvalue weighted by molar-refractivity contribution is -0.137. The second-order valence-electron chi connectivity index (χ2n) is 5.66. The second kappa shape index (κ2) is 7.26. The predicted octanol–water partition coefficient (Wildman–Crippen LogP) is 4.53. The average Bonchev–Trinajstić information content (AvgIpc) is 2.46. The topological polar surface area (TPSA) is 66.9 Å². The minimum Gasteiger partial charge on any atom is -0.352 e. The van der Waals surface area contributed by atoms with Crippen LogP contribution in [0.2, 0.25) is 5.02 Å². The number of nitrogens with zero attached hydrogens (tertiary/aromatic N) is 2. The Morgan fingerprint density at radius 2 is 1.88 bits per heavy atom. The smallest absolute Gasteiger partial charge is 0.352 e. The number of amides is 1. The minimum absolute atomic E-state index is 0.00680. The van der Waals surface area contributed by atoms with Gasteiger partial charge in [-0.3, -0.25) is 4.79 Å². The number of anilines is 2. The average molecular weight is 373 g/mol. The Labute approximate surface area is 147 Å². The molecule has 0 aliphatic rings. The van der Waals surface area contributed by atoms with Crippen LogP contribution >= 0.6 is 11.6 Å². The number of halogens is 4. The fourth-order valence-electron chi connectivity index (χ4n) is 1.99. The van der Waals surface area contributed by atoms with E-state index in [4.69, 9.17) is 11.6 Å². The fraction of sp³-hybridized carbons (Fsp3) is 0.312. The first-order valence-corrected chi connectivity index (χ1v) is 7.74. The maximum atomic E-state index is 12.8. The van der Waals surface area contributed by atoms with Gasteiger partial charge in [0.05, 0.1) is 16.3 Å². The van der Waals surface area contributed by atoms with Crippen LogP contribution in [-0.2, 0) is 6.18 Å². The van der Waals surface area contributed by atoms with Crippen LogP contribution < -0.4 is 10.6 Å². The Morgan fingerprint density at radius 3 is 2.48 bits per heavy atom. The second-order valence-corrected chi connectivity index (χ2v) is 6.07. The first-order chi connectivity index (χ1) is 11.6. The Balaban J connectivity index is 2.29. The van der Waals surface area contributed by atoms with Crippen molar-refractivity contribution in [1.82, 2.24) is 9.97 Å². The predicted molar refractivity (Wildman–Crippen MR) is 89.9 cm³/mol. The van der Waals surface area contributed by atoms with Gasteiger partial charge in [-0.05, 0) is 45.0 Å². The summed E-state index contributed by atoms with van der Waals surface area (Å²) in [6.45, 7) is 5.45. The van der Waals surface area contributed by atoms with Gasteiger partial charge in [0.15, 0.2) is 0 Å². The van der Waals surface area contributed by atoms with Gasteiger partial charge in [0.1, 0.15) is 5.69 Å². The largest absolute Gasteiger partial charge is 0.416 e. The molecule has 1 aromatic carbocycles. The number of benzene rings is 1. The molecule has 1 heterocycles. The normalized spacial score (nSPS) is 11.5. The van der Waals surface area contributed by atoms with Gasteiger partial charge in [0.25, 0.3) is 5.91 Å². The van der Waals surface area contributed by atoms with Crippen molar-refractivity contribution in [3.05, 3.63) is 46.2 Å². The lowest BCUT2D eigenvalue weighted by Gasteiger charge is -2.13. The van der Waals surface area contributed by atoms with Crippen molar-refractivity contribution in [3.63, 3.8) is 0 Å². The highest BCUT2D eigenvalue weighted by atomic mass is 35.5. The molecular formula is C16H16ClF3N4O. The molecule has 25 heavy (non-hydrogen) atoms. The van der Waals surface area contributed by atoms with Crippen molar-refractivity contribution in [2.45, 2.75) is 33.0 Å². The highest BCUT2D eigenvalue weighted by molar-refractivity contribution is 6.33. The zero-order chi connectivity index (χ0) is 18.8. The van der Waals surface area contributed by atoms with E-state index in [1.54, 1.807) is 6.92 Å². The van der Waals surface area contributed by atoms with E-state index in [0.717, 1.165) is 18.2 Å². The van der Waals surface area contributed by atoms with Crippen LogP contribution in [0.4, 0.5) is 24.8 Å². The van der Waals surface area contributed by atoms with Crippen LogP contribution in [0.5, 0.6) is 0 Å². The van der Waals surface area contributed by atoms with E-state index in [9.17, 15) is 18.0 Å². The van der Waals surface area contributed by atoms with Gasteiger partial charge in [0, 0.05) is 11.7 Å². The summed E-state index contributed by atoms with van der Waals surface area (Å²) in [4.78, 5) is 20.6. The molecule has 134 valence electrons. The lowest BCUT2D eigenvalue weighted by atomic mass is 10.2. The molecule has 5 nitrogen and oxygen atoms in total. The molecule has 2 aromatic rings. The van der Waals surface area contributed by atoms with Gasteiger partial charge in [0.2, 0.25) is 5.95 Å². The van der Waals surface area contributed by atoms with Gasteiger partial charge in [-0.2, -0.15) is 13.2 Å². The Kier molecular flexibility index (Phi) is 5.52. The molecule has 0 radical (unpaired) electrons. The summed E-state index contributed by atoms with van der Waals surface area (Å²) in [5, 5.41) is 5.32. The fourth-order valence-corrected chi connectivity index (χ4v) is 2.16. The third kappa shape index (κ3) is 5.06. The Bertz CT molecular complexity index is 793. The number of carbonyl (C=O) groups is 1. The number of hydrogen-bond acceptors (Lipinski definition) is 4. The number of aromatic nitrogens is 2. The number of alkyl halides is 3. The van der Waals surface area contributed by atoms with Gasteiger partial charge in [-0.25, -0.2) is 9.97 Å². The molecule has 0 saturated heterocycles. The van der Waals surface area contributed by atoms with E-state index in [-0.39, 0.29) is 28.4 Å². The summed E-state index contributed by atoms with van der Waals surface area (Å²) in [5.41, 5.74) is -0.494. The summed E-state index contributed by atoms with van der Waals surface area (Å²) < 4.78 is 38.4. The lowest BCUT2D eigenvalue weighted by Crippen LogP contribution is -2.19. The van der Waals surface area contributed by atoms with Gasteiger partial charge < -0.3 is 10.6 Å². The third-order valence-corrected chi connectivity index (χ3v) is 3.38. The molecule has 0 aliphatic heterocycles. The van der Waals surface area contributed by atoms with Crippen molar-refractivity contribution in [3.8, 4) is 0 Å². The van der Waals surface area contributed by atoms with Crippen molar-refractivity contribution in [1.29, 1.82) is 0 Å². The van der Waals surface area contributed by atoms with Crippen LogP contribution in [0.3, 0.4) is 0 Å². The van der Waals surface area contributed by atoms with Crippen LogP contribution in [0.15, 0.2) is 24.3 Å². The highest BCUT2D eigenvalue weighted by Crippen LogP contribution is 2.33. The summed E-state index contributed by atoms with van der Waals surface area (Å²) >= 11 is 5.88. The van der Waals surface area contributed by atoms with Crippen molar-refractivity contribution < 1.29 is 18.0 Å². The number of nitrogens with one attached hydrogen (secondary N) is 2. The first kappa shape index (κ1) is 19.0. The minimum atomic E-state index is -4.54. The number of carbonyl (C=O) groups excluding carboxylic acids is 1. The summed E-state index contributed by atoms with van der Waals surface area (Å²) in [6.07, 6.45) is -4.54. The van der Waals surface area contributed by atoms with Gasteiger partial charge in [-0.1, -0.05) is 11.6 Å². The molecule has 0 unspecified atom stereocenters. The first-order valence-electron chi connectivity index (χ1n) is 7.36. The summed E-state index contributed by atoms with van der Waals surface area (Å²) in [6, 6.07) is 4.19. The van der Waals surface area contributed by atoms with Gasteiger partial charge in [-0.15, -0.1) is 0 Å². The molecule has 2 rings (SSSR count). The SMILES string of the molecule is Cc1cc(C(=O)Nc2cc(C(F)(F)F)ccc2Cl)nc(NC(C)C)n1. The number of aryl methyl sites for hydroxylation is 1. The number of hydrogen-bond donors (Lipinski definition) is 2. The van der Waals surface area contributed by atoms with E-state index in [1.807, 2.05) is 13.8 Å². The third-order valence-electron chi connectivity index (χ3n) is 3.05. The molecule has 0 fully saturated rings. The van der Waals surface area contributed by atoms with Crippen molar-refractivity contribution in [2.75, 3.05) is 10.6 Å². The van der Waals surface area contributed by atoms with Crippen LogP contribution in [0.25, 0.3) is 0 Å². The molecule has 1 amide bonds. The maximum Gasteiger partial charge on any atom is 0.416 e. The molecule has 1 aromatic heterocycles. The molecule has 0 aliphatic carbocycles. The summed E-state index contributed by atoms with van der Waals surface area (Å²) in [7, 11) is 0. The van der Waals surface area contributed by atoms with E-state index >= 15 is 0 Å². The molecule has 0 bridgehead atoms. The monoisotopic (exact) mass is 372 g/mol. The van der Waals surface area contributed by atoms with Crippen molar-refractivity contribution >= 4 is 29.1 Å². The standard InChI is InChI=1S/C16H16ClF3N4O/c1-8(2)21-15-22-9(3)6-13(24-15)14(25)23-12-7-10(16(18,19)20)4-5-11(12)17/h4-8H,1-3H3,(H,23,25)(H,21,22,24). The molecule has 0 spiro atoms. The quantitative estimate of drug-likeness (QED) is 0.827. The zero-order valence-corrected chi connectivity index (χ0v) is 14.5. The van der Waals surface area contributed by atoms with E-state index in [1.165, 1.54) is 6.07 Å². The van der Waals surface area contributed by atoms with E-state index < -0.39 is 17.6 Å². The zero-order valence-electron chi connectivity index (χ0n) is 13.7. The molecule has 2 N–H and O–H groups in total. The number of rotatable bonds is 4. The molecule has 0 saturated carbocycles. The van der Waals surface area contributed by atoms with Crippen molar-refractivity contribution in [2.24, 2.45) is 0 Å². The van der Waals surface area contributed by atoms with E-state index in [2.05, 4.69) is 20.6 Å². The van der Waals surface area contributed by atoms with E-state index in [0.29, 0.717) is 5.69 Å². The maximum absolute atomic E-state index is 12.8. The Morgan fingerprint density at radius 1 is 1.20 bits per heavy atom. The van der Waals surface area contributed by atoms with Crippen LogP contribution in [0.1, 0.15) is 35.6 Å². The van der Waals surface area contributed by atoms with Crippen LogP contribution in [0, 0.1) is 6.92 Å². The van der Waals surface area contributed by atoms with Crippen LogP contribution in [-0.4, -0.2) is 21.9 Å². The summed E-state index contributed by atoms with van der Waals surface area (Å²) in [5.74, 6) is -0.422.